The van der Waals surface area contributed by atoms with Crippen LogP contribution in [0.3, 0.4) is 0 Å². The molecule has 25 heavy (non-hydrogen) atoms. The van der Waals surface area contributed by atoms with E-state index >= 15 is 0 Å². The molecular formula is C23H20N2. The van der Waals surface area contributed by atoms with Gasteiger partial charge in [0.1, 0.15) is 0 Å². The molecule has 0 radical (unpaired) electrons. The molecule has 122 valence electrons. The molecule has 4 aromatic rings. The van der Waals surface area contributed by atoms with Crippen LogP contribution in [-0.2, 0) is 0 Å². The van der Waals surface area contributed by atoms with Crippen LogP contribution in [0.1, 0.15) is 11.1 Å². The number of benzene rings is 3. The lowest BCUT2D eigenvalue weighted by molar-refractivity contribution is 0.891. The third kappa shape index (κ3) is 2.87. The standard InChI is InChI=1S/C23H20N2/c1-17-13-15-21(16-14-17)25-23(20-11-7-4-8-12-20)18(2)22(24-25)19-9-5-3-6-10-19/h3-16H,1-2H3. The van der Waals surface area contributed by atoms with Gasteiger partial charge >= 0.3 is 0 Å². The van der Waals surface area contributed by atoms with Crippen molar-refractivity contribution in [2.24, 2.45) is 0 Å². The summed E-state index contributed by atoms with van der Waals surface area (Å²) >= 11 is 0. The fourth-order valence-electron chi connectivity index (χ4n) is 3.17. The Hall–Kier alpha value is -3.13. The van der Waals surface area contributed by atoms with E-state index in [0.717, 1.165) is 22.6 Å². The fourth-order valence-corrected chi connectivity index (χ4v) is 3.17. The SMILES string of the molecule is Cc1ccc(-n2nc(-c3ccccc3)c(C)c2-c2ccccc2)cc1. The molecule has 2 heteroatoms. The van der Waals surface area contributed by atoms with E-state index in [2.05, 4.69) is 91.3 Å². The second-order valence-corrected chi connectivity index (χ2v) is 6.30. The highest BCUT2D eigenvalue weighted by Gasteiger charge is 2.18. The number of hydrogen-bond acceptors (Lipinski definition) is 1. The molecule has 0 bridgehead atoms. The summed E-state index contributed by atoms with van der Waals surface area (Å²) in [6.45, 7) is 4.26. The van der Waals surface area contributed by atoms with Gasteiger partial charge in [-0.3, -0.25) is 0 Å². The largest absolute Gasteiger partial charge is 0.232 e. The zero-order chi connectivity index (χ0) is 17.2. The molecule has 0 spiro atoms. The van der Waals surface area contributed by atoms with Crippen LogP contribution in [0.15, 0.2) is 84.9 Å². The second kappa shape index (κ2) is 6.40. The minimum Gasteiger partial charge on any atom is -0.232 e. The third-order valence-electron chi connectivity index (χ3n) is 4.50. The van der Waals surface area contributed by atoms with Gasteiger partial charge in [0.15, 0.2) is 0 Å². The van der Waals surface area contributed by atoms with E-state index in [1.54, 1.807) is 0 Å². The zero-order valence-electron chi connectivity index (χ0n) is 14.5. The summed E-state index contributed by atoms with van der Waals surface area (Å²) in [4.78, 5) is 0. The number of nitrogens with zero attached hydrogens (tertiary/aromatic N) is 2. The molecular weight excluding hydrogens is 304 g/mol. The van der Waals surface area contributed by atoms with Gasteiger partial charge in [-0.25, -0.2) is 4.68 Å². The van der Waals surface area contributed by atoms with Crippen LogP contribution in [0.2, 0.25) is 0 Å². The number of aryl methyl sites for hydroxylation is 1. The lowest BCUT2D eigenvalue weighted by Crippen LogP contribution is -1.99. The van der Waals surface area contributed by atoms with Crippen molar-refractivity contribution in [1.82, 2.24) is 9.78 Å². The summed E-state index contributed by atoms with van der Waals surface area (Å²) in [5.41, 5.74) is 8.01. The lowest BCUT2D eigenvalue weighted by Gasteiger charge is -2.09. The Morgan fingerprint density at radius 3 is 1.80 bits per heavy atom. The first-order valence-electron chi connectivity index (χ1n) is 8.51. The van der Waals surface area contributed by atoms with Crippen LogP contribution >= 0.6 is 0 Å². The van der Waals surface area contributed by atoms with E-state index < -0.39 is 0 Å². The van der Waals surface area contributed by atoms with Gasteiger partial charge in [0.05, 0.1) is 17.1 Å². The van der Waals surface area contributed by atoms with E-state index in [1.807, 2.05) is 12.1 Å². The van der Waals surface area contributed by atoms with Crippen LogP contribution in [0.5, 0.6) is 0 Å². The van der Waals surface area contributed by atoms with Gasteiger partial charge in [0.2, 0.25) is 0 Å². The Bertz CT molecular complexity index is 982. The Morgan fingerprint density at radius 2 is 1.20 bits per heavy atom. The molecule has 0 aliphatic heterocycles. The first kappa shape index (κ1) is 15.4. The quantitative estimate of drug-likeness (QED) is 0.464. The molecule has 4 rings (SSSR count). The van der Waals surface area contributed by atoms with Crippen molar-refractivity contribution in [3.05, 3.63) is 96.1 Å². The minimum absolute atomic E-state index is 1.03. The average Bonchev–Trinajstić information content (AvgIpc) is 3.01. The second-order valence-electron chi connectivity index (χ2n) is 6.30. The van der Waals surface area contributed by atoms with Crippen molar-refractivity contribution in [1.29, 1.82) is 0 Å². The van der Waals surface area contributed by atoms with Crippen molar-refractivity contribution in [3.63, 3.8) is 0 Å². The Morgan fingerprint density at radius 1 is 0.640 bits per heavy atom. The van der Waals surface area contributed by atoms with Crippen LogP contribution in [0, 0.1) is 13.8 Å². The maximum absolute atomic E-state index is 4.97. The van der Waals surface area contributed by atoms with E-state index in [4.69, 9.17) is 5.10 Å². The van der Waals surface area contributed by atoms with Crippen molar-refractivity contribution >= 4 is 0 Å². The summed E-state index contributed by atoms with van der Waals surface area (Å²) in [5, 5.41) is 4.97. The molecule has 1 aromatic heterocycles. The van der Waals surface area contributed by atoms with Gasteiger partial charge in [-0.15, -0.1) is 0 Å². The maximum Gasteiger partial charge on any atom is 0.0963 e. The zero-order valence-corrected chi connectivity index (χ0v) is 14.5. The van der Waals surface area contributed by atoms with E-state index in [0.29, 0.717) is 0 Å². The van der Waals surface area contributed by atoms with Gasteiger partial charge in [0.25, 0.3) is 0 Å². The monoisotopic (exact) mass is 324 g/mol. The molecule has 3 aromatic carbocycles. The minimum atomic E-state index is 1.03. The molecule has 1 heterocycles. The molecule has 0 saturated carbocycles. The number of aromatic nitrogens is 2. The smallest absolute Gasteiger partial charge is 0.0963 e. The molecule has 2 nitrogen and oxygen atoms in total. The first-order valence-corrected chi connectivity index (χ1v) is 8.51. The average molecular weight is 324 g/mol. The highest BCUT2D eigenvalue weighted by molar-refractivity contribution is 5.75. The topological polar surface area (TPSA) is 17.8 Å². The van der Waals surface area contributed by atoms with Crippen molar-refractivity contribution in [3.8, 4) is 28.2 Å². The highest BCUT2D eigenvalue weighted by Crippen LogP contribution is 2.33. The molecule has 0 saturated heterocycles. The molecule has 0 aliphatic rings. The molecule has 0 amide bonds. The maximum atomic E-state index is 4.97. The summed E-state index contributed by atoms with van der Waals surface area (Å²) in [7, 11) is 0. The normalized spacial score (nSPS) is 10.8. The van der Waals surface area contributed by atoms with E-state index in [1.165, 1.54) is 16.7 Å². The van der Waals surface area contributed by atoms with Gasteiger partial charge in [-0.1, -0.05) is 78.4 Å². The van der Waals surface area contributed by atoms with Crippen LogP contribution in [-0.4, -0.2) is 9.78 Å². The fraction of sp³-hybridized carbons (Fsp3) is 0.0870. The number of rotatable bonds is 3. The number of hydrogen-bond donors (Lipinski definition) is 0. The van der Waals surface area contributed by atoms with Crippen LogP contribution in [0.4, 0.5) is 0 Å². The van der Waals surface area contributed by atoms with Gasteiger partial charge in [-0.2, -0.15) is 5.10 Å². The van der Waals surface area contributed by atoms with Gasteiger partial charge in [-0.05, 0) is 26.0 Å². The van der Waals surface area contributed by atoms with Crippen LogP contribution < -0.4 is 0 Å². The van der Waals surface area contributed by atoms with Crippen LogP contribution in [0.25, 0.3) is 28.2 Å². The third-order valence-corrected chi connectivity index (χ3v) is 4.50. The van der Waals surface area contributed by atoms with Gasteiger partial charge < -0.3 is 0 Å². The van der Waals surface area contributed by atoms with E-state index in [-0.39, 0.29) is 0 Å². The summed E-state index contributed by atoms with van der Waals surface area (Å²) in [5.74, 6) is 0. The van der Waals surface area contributed by atoms with E-state index in [9.17, 15) is 0 Å². The highest BCUT2D eigenvalue weighted by atomic mass is 15.3. The molecule has 0 unspecified atom stereocenters. The van der Waals surface area contributed by atoms with Crippen molar-refractivity contribution in [2.75, 3.05) is 0 Å². The Labute approximate surface area is 148 Å². The molecule has 0 atom stereocenters. The lowest BCUT2D eigenvalue weighted by atomic mass is 10.0. The molecule has 0 aliphatic carbocycles. The molecule has 0 N–H and O–H groups in total. The Balaban J connectivity index is 1.97. The summed E-state index contributed by atoms with van der Waals surface area (Å²) in [6, 6.07) is 29.4. The molecule has 0 fully saturated rings. The van der Waals surface area contributed by atoms with Crippen molar-refractivity contribution < 1.29 is 0 Å². The summed E-state index contributed by atoms with van der Waals surface area (Å²) < 4.78 is 2.06. The van der Waals surface area contributed by atoms with Crippen molar-refractivity contribution in [2.45, 2.75) is 13.8 Å². The Kier molecular flexibility index (Phi) is 3.95. The predicted octanol–water partition coefficient (Wildman–Crippen LogP) is 5.82. The first-order chi connectivity index (χ1) is 12.2. The summed E-state index contributed by atoms with van der Waals surface area (Å²) in [6.07, 6.45) is 0. The van der Waals surface area contributed by atoms with Gasteiger partial charge in [0, 0.05) is 16.7 Å². The predicted molar refractivity (Wildman–Crippen MR) is 104 cm³/mol.